The van der Waals surface area contributed by atoms with E-state index in [1.165, 1.54) is 0 Å². The fraction of sp³-hybridized carbons (Fsp3) is 0.200. The number of nitrogens with one attached hydrogen (secondary N) is 1. The molecule has 1 amide bonds. The van der Waals surface area contributed by atoms with Gasteiger partial charge in [-0.1, -0.05) is 18.2 Å². The van der Waals surface area contributed by atoms with Crippen LogP contribution in [0.5, 0.6) is 0 Å². The Bertz CT molecular complexity index is 363. The van der Waals surface area contributed by atoms with Gasteiger partial charge in [0.2, 0.25) is 5.24 Å². The lowest BCUT2D eigenvalue weighted by Gasteiger charge is -2.04. The van der Waals surface area contributed by atoms with E-state index in [-0.39, 0.29) is 12.5 Å². The summed E-state index contributed by atoms with van der Waals surface area (Å²) in [7, 11) is 0. The van der Waals surface area contributed by atoms with Crippen molar-refractivity contribution in [1.29, 1.82) is 0 Å². The molecular formula is C10H10ClNO2. The van der Waals surface area contributed by atoms with Crippen molar-refractivity contribution < 1.29 is 9.59 Å². The number of halogens is 1. The monoisotopic (exact) mass is 211 g/mol. The molecule has 0 aliphatic rings. The highest BCUT2D eigenvalue weighted by molar-refractivity contribution is 6.64. The van der Waals surface area contributed by atoms with Gasteiger partial charge in [0, 0.05) is 5.56 Å². The van der Waals surface area contributed by atoms with Crippen LogP contribution in [0, 0.1) is 6.92 Å². The summed E-state index contributed by atoms with van der Waals surface area (Å²) in [6.07, 6.45) is 0. The molecule has 0 bridgehead atoms. The van der Waals surface area contributed by atoms with Gasteiger partial charge in [-0.05, 0) is 30.2 Å². The highest BCUT2D eigenvalue weighted by Gasteiger charge is 2.08. The van der Waals surface area contributed by atoms with Gasteiger partial charge in [-0.15, -0.1) is 0 Å². The number of amides is 1. The van der Waals surface area contributed by atoms with Crippen molar-refractivity contribution in [2.45, 2.75) is 6.92 Å². The molecule has 0 atom stereocenters. The summed E-state index contributed by atoms with van der Waals surface area (Å²) in [5.74, 6) is -0.280. The highest BCUT2D eigenvalue weighted by Crippen LogP contribution is 2.06. The Morgan fingerprint density at radius 3 is 2.57 bits per heavy atom. The standard InChI is InChI=1S/C10H10ClNO2/c1-7-4-2-3-5-8(7)10(14)12-6-9(11)13/h2-5H,6H2,1H3,(H,12,14). The molecular weight excluding hydrogens is 202 g/mol. The Balaban J connectivity index is 2.70. The SMILES string of the molecule is Cc1ccccc1C(=O)NCC(=O)Cl. The van der Waals surface area contributed by atoms with E-state index in [2.05, 4.69) is 5.32 Å². The molecule has 4 heteroatoms. The largest absolute Gasteiger partial charge is 0.344 e. The van der Waals surface area contributed by atoms with Gasteiger partial charge >= 0.3 is 0 Å². The van der Waals surface area contributed by atoms with Crippen LogP contribution >= 0.6 is 11.6 Å². The first-order valence-corrected chi connectivity index (χ1v) is 4.51. The lowest BCUT2D eigenvalue weighted by molar-refractivity contribution is -0.110. The first-order valence-electron chi connectivity index (χ1n) is 4.13. The van der Waals surface area contributed by atoms with E-state index in [0.29, 0.717) is 5.56 Å². The number of rotatable bonds is 3. The van der Waals surface area contributed by atoms with Gasteiger partial charge in [0.25, 0.3) is 5.91 Å². The lowest BCUT2D eigenvalue weighted by atomic mass is 10.1. The Kier molecular flexibility index (Phi) is 3.65. The highest BCUT2D eigenvalue weighted by atomic mass is 35.5. The smallest absolute Gasteiger partial charge is 0.251 e. The third-order valence-corrected chi connectivity index (χ3v) is 1.91. The maximum atomic E-state index is 11.4. The van der Waals surface area contributed by atoms with Crippen molar-refractivity contribution in [2.24, 2.45) is 0 Å². The molecule has 14 heavy (non-hydrogen) atoms. The predicted molar refractivity (Wildman–Crippen MR) is 54.4 cm³/mol. The number of hydrogen-bond donors (Lipinski definition) is 1. The number of carbonyl (C=O) groups excluding carboxylic acids is 2. The summed E-state index contributed by atoms with van der Waals surface area (Å²) in [4.78, 5) is 21.9. The second-order valence-electron chi connectivity index (χ2n) is 2.85. The van der Waals surface area contributed by atoms with Gasteiger partial charge in [-0.25, -0.2) is 0 Å². The Morgan fingerprint density at radius 2 is 2.00 bits per heavy atom. The zero-order chi connectivity index (χ0) is 10.6. The predicted octanol–water partition coefficient (Wildman–Crippen LogP) is 1.49. The van der Waals surface area contributed by atoms with Crippen LogP contribution in [0.15, 0.2) is 24.3 Å². The maximum Gasteiger partial charge on any atom is 0.251 e. The average molecular weight is 212 g/mol. The summed E-state index contributed by atoms with van der Waals surface area (Å²) >= 11 is 5.10. The van der Waals surface area contributed by atoms with Crippen LogP contribution in [0.25, 0.3) is 0 Å². The summed E-state index contributed by atoms with van der Waals surface area (Å²) in [5, 5.41) is 1.84. The van der Waals surface area contributed by atoms with Gasteiger partial charge < -0.3 is 5.32 Å². The normalized spacial score (nSPS) is 9.57. The fourth-order valence-corrected chi connectivity index (χ4v) is 1.14. The molecule has 0 aliphatic heterocycles. The van der Waals surface area contributed by atoms with Crippen LogP contribution < -0.4 is 5.32 Å². The lowest BCUT2D eigenvalue weighted by Crippen LogP contribution is -2.28. The first kappa shape index (κ1) is 10.7. The molecule has 0 unspecified atom stereocenters. The number of carbonyl (C=O) groups is 2. The minimum Gasteiger partial charge on any atom is -0.344 e. The van der Waals surface area contributed by atoms with Crippen molar-refractivity contribution in [3.63, 3.8) is 0 Å². The van der Waals surface area contributed by atoms with Crippen LogP contribution in [-0.4, -0.2) is 17.7 Å². The van der Waals surface area contributed by atoms with Crippen LogP contribution in [-0.2, 0) is 4.79 Å². The van der Waals surface area contributed by atoms with Gasteiger partial charge in [0.05, 0.1) is 6.54 Å². The molecule has 0 saturated carbocycles. The molecule has 0 spiro atoms. The summed E-state index contributed by atoms with van der Waals surface area (Å²) < 4.78 is 0. The van der Waals surface area contributed by atoms with Crippen molar-refractivity contribution in [1.82, 2.24) is 5.32 Å². The topological polar surface area (TPSA) is 46.2 Å². The minimum atomic E-state index is -0.577. The third-order valence-electron chi connectivity index (χ3n) is 1.78. The molecule has 0 aromatic heterocycles. The first-order chi connectivity index (χ1) is 6.61. The molecule has 0 fully saturated rings. The maximum absolute atomic E-state index is 11.4. The second kappa shape index (κ2) is 4.77. The van der Waals surface area contributed by atoms with Crippen molar-refractivity contribution >= 4 is 22.8 Å². The Hall–Kier alpha value is -1.35. The van der Waals surface area contributed by atoms with E-state index < -0.39 is 5.24 Å². The second-order valence-corrected chi connectivity index (χ2v) is 3.27. The molecule has 0 aliphatic carbocycles. The molecule has 0 heterocycles. The quantitative estimate of drug-likeness (QED) is 0.770. The molecule has 1 aromatic carbocycles. The van der Waals surface area contributed by atoms with Gasteiger partial charge in [-0.3, -0.25) is 9.59 Å². The molecule has 74 valence electrons. The zero-order valence-electron chi connectivity index (χ0n) is 7.71. The zero-order valence-corrected chi connectivity index (χ0v) is 8.47. The Labute approximate surface area is 87.1 Å². The molecule has 0 radical (unpaired) electrons. The van der Waals surface area contributed by atoms with Crippen LogP contribution in [0.2, 0.25) is 0 Å². The Morgan fingerprint density at radius 1 is 1.36 bits per heavy atom. The molecule has 0 saturated heterocycles. The number of benzene rings is 1. The van der Waals surface area contributed by atoms with Crippen LogP contribution in [0.1, 0.15) is 15.9 Å². The molecule has 1 aromatic rings. The minimum absolute atomic E-state index is 0.144. The summed E-state index contributed by atoms with van der Waals surface area (Å²) in [6.45, 7) is 1.69. The molecule has 1 N–H and O–H groups in total. The van der Waals surface area contributed by atoms with Crippen molar-refractivity contribution in [3.8, 4) is 0 Å². The molecule has 1 rings (SSSR count). The number of aryl methyl sites for hydroxylation is 1. The van der Waals surface area contributed by atoms with E-state index in [0.717, 1.165) is 5.56 Å². The van der Waals surface area contributed by atoms with E-state index in [1.807, 2.05) is 19.1 Å². The van der Waals surface area contributed by atoms with Crippen LogP contribution in [0.4, 0.5) is 0 Å². The number of hydrogen-bond acceptors (Lipinski definition) is 2. The summed E-state index contributed by atoms with van der Waals surface area (Å²) in [5.41, 5.74) is 1.43. The van der Waals surface area contributed by atoms with E-state index in [1.54, 1.807) is 12.1 Å². The van der Waals surface area contributed by atoms with Crippen LogP contribution in [0.3, 0.4) is 0 Å². The van der Waals surface area contributed by atoms with E-state index in [4.69, 9.17) is 11.6 Å². The van der Waals surface area contributed by atoms with Gasteiger partial charge in [-0.2, -0.15) is 0 Å². The molecule has 3 nitrogen and oxygen atoms in total. The van der Waals surface area contributed by atoms with Crippen molar-refractivity contribution in [2.75, 3.05) is 6.54 Å². The third kappa shape index (κ3) is 2.85. The van der Waals surface area contributed by atoms with Crippen molar-refractivity contribution in [3.05, 3.63) is 35.4 Å². The van der Waals surface area contributed by atoms with Gasteiger partial charge in [0.15, 0.2) is 0 Å². The average Bonchev–Trinajstić information content (AvgIpc) is 2.15. The van der Waals surface area contributed by atoms with E-state index >= 15 is 0 Å². The van der Waals surface area contributed by atoms with E-state index in [9.17, 15) is 9.59 Å². The summed E-state index contributed by atoms with van der Waals surface area (Å²) in [6, 6.07) is 7.14. The van der Waals surface area contributed by atoms with Gasteiger partial charge in [0.1, 0.15) is 0 Å². The fourth-order valence-electron chi connectivity index (χ4n) is 1.07.